The Morgan fingerprint density at radius 1 is 1.48 bits per heavy atom. The lowest BCUT2D eigenvalue weighted by atomic mass is 10.1. The van der Waals surface area contributed by atoms with E-state index in [-0.39, 0.29) is 0 Å². The Hall–Kier alpha value is -1.40. The number of thiazole rings is 1. The lowest BCUT2D eigenvalue weighted by Gasteiger charge is -2.26. The molecule has 0 aromatic carbocycles. The summed E-state index contributed by atoms with van der Waals surface area (Å²) >= 11 is 1.79. The first-order chi connectivity index (χ1) is 10.0. The molecule has 5 nitrogen and oxygen atoms in total. The zero-order valence-electron chi connectivity index (χ0n) is 13.1. The SMILES string of the molecule is Cc1cc2n(n1)C[C@@H](CN[C@H](C)c1sc(C)nc1C)CN2. The van der Waals surface area contributed by atoms with Crippen LogP contribution >= 0.6 is 11.3 Å². The van der Waals surface area contributed by atoms with E-state index < -0.39 is 0 Å². The topological polar surface area (TPSA) is 54.8 Å². The van der Waals surface area contributed by atoms with Crippen LogP contribution in [0.4, 0.5) is 5.82 Å². The standard InChI is InChI=1S/C15H23N5S/c1-9-5-14-17-7-13(8-20(14)19-9)6-16-10(2)15-11(3)18-12(4)21-15/h5,10,13,16-17H,6-8H2,1-4H3/t10-,13+/m1/s1. The third-order valence-corrected chi connectivity index (χ3v) is 5.21. The number of anilines is 1. The van der Waals surface area contributed by atoms with Crippen molar-refractivity contribution < 1.29 is 0 Å². The zero-order valence-corrected chi connectivity index (χ0v) is 13.9. The minimum Gasteiger partial charge on any atom is -0.370 e. The van der Waals surface area contributed by atoms with Gasteiger partial charge in [0.05, 0.1) is 16.4 Å². The van der Waals surface area contributed by atoms with E-state index in [1.54, 1.807) is 11.3 Å². The summed E-state index contributed by atoms with van der Waals surface area (Å²) in [6.07, 6.45) is 0. The molecule has 6 heteroatoms. The van der Waals surface area contributed by atoms with E-state index >= 15 is 0 Å². The average molecular weight is 305 g/mol. The van der Waals surface area contributed by atoms with Gasteiger partial charge in [0.25, 0.3) is 0 Å². The highest BCUT2D eigenvalue weighted by Crippen LogP contribution is 2.25. The number of hydrogen-bond acceptors (Lipinski definition) is 5. The summed E-state index contributed by atoms with van der Waals surface area (Å²) in [6, 6.07) is 2.47. The first-order valence-corrected chi connectivity index (χ1v) is 8.30. The highest BCUT2D eigenvalue weighted by Gasteiger charge is 2.20. The fourth-order valence-corrected chi connectivity index (χ4v) is 3.86. The lowest BCUT2D eigenvalue weighted by molar-refractivity contribution is 0.376. The van der Waals surface area contributed by atoms with E-state index in [1.165, 1.54) is 4.88 Å². The molecule has 0 saturated heterocycles. The van der Waals surface area contributed by atoms with Crippen molar-refractivity contribution in [2.75, 3.05) is 18.4 Å². The zero-order chi connectivity index (χ0) is 15.0. The second-order valence-electron chi connectivity index (χ2n) is 5.91. The largest absolute Gasteiger partial charge is 0.370 e. The van der Waals surface area contributed by atoms with Gasteiger partial charge in [0.1, 0.15) is 5.82 Å². The quantitative estimate of drug-likeness (QED) is 0.912. The molecule has 2 N–H and O–H groups in total. The van der Waals surface area contributed by atoms with E-state index in [9.17, 15) is 0 Å². The summed E-state index contributed by atoms with van der Waals surface area (Å²) in [5.41, 5.74) is 2.24. The molecule has 0 aliphatic carbocycles. The van der Waals surface area contributed by atoms with Gasteiger partial charge in [0.2, 0.25) is 0 Å². The molecule has 0 bridgehead atoms. The van der Waals surface area contributed by atoms with Crippen molar-refractivity contribution in [3.05, 3.63) is 27.3 Å². The number of nitrogens with one attached hydrogen (secondary N) is 2. The molecular formula is C15H23N5S. The Balaban J connectivity index is 1.57. The van der Waals surface area contributed by atoms with Crippen molar-refractivity contribution >= 4 is 17.2 Å². The molecule has 0 spiro atoms. The molecule has 3 heterocycles. The van der Waals surface area contributed by atoms with Crippen LogP contribution in [0.1, 0.15) is 34.2 Å². The number of nitrogens with zero attached hydrogens (tertiary/aromatic N) is 3. The van der Waals surface area contributed by atoms with Crippen molar-refractivity contribution in [3.8, 4) is 0 Å². The van der Waals surface area contributed by atoms with Gasteiger partial charge in [-0.1, -0.05) is 0 Å². The molecule has 114 valence electrons. The highest BCUT2D eigenvalue weighted by molar-refractivity contribution is 7.11. The molecule has 0 unspecified atom stereocenters. The number of hydrogen-bond donors (Lipinski definition) is 2. The van der Waals surface area contributed by atoms with Crippen LogP contribution < -0.4 is 10.6 Å². The minimum absolute atomic E-state index is 0.358. The lowest BCUT2D eigenvalue weighted by Crippen LogP contribution is -2.36. The number of rotatable bonds is 4. The minimum atomic E-state index is 0.358. The molecule has 0 saturated carbocycles. The Kier molecular flexibility index (Phi) is 3.99. The molecule has 2 atom stereocenters. The monoisotopic (exact) mass is 305 g/mol. The molecule has 3 rings (SSSR count). The number of aryl methyl sites for hydroxylation is 3. The highest BCUT2D eigenvalue weighted by atomic mass is 32.1. The summed E-state index contributed by atoms with van der Waals surface area (Å²) < 4.78 is 2.08. The van der Waals surface area contributed by atoms with Gasteiger partial charge in [-0.2, -0.15) is 5.10 Å². The predicted molar refractivity (Wildman–Crippen MR) is 86.9 cm³/mol. The van der Waals surface area contributed by atoms with Crippen molar-refractivity contribution in [2.45, 2.75) is 40.3 Å². The average Bonchev–Trinajstić information content (AvgIpc) is 2.96. The van der Waals surface area contributed by atoms with Gasteiger partial charge >= 0.3 is 0 Å². The molecule has 1 aliphatic rings. The van der Waals surface area contributed by atoms with Crippen LogP contribution in [0.25, 0.3) is 0 Å². The van der Waals surface area contributed by atoms with Gasteiger partial charge in [0.15, 0.2) is 0 Å². The summed E-state index contributed by atoms with van der Waals surface area (Å²) in [4.78, 5) is 5.87. The van der Waals surface area contributed by atoms with Crippen LogP contribution in [0.5, 0.6) is 0 Å². The van der Waals surface area contributed by atoms with Crippen LogP contribution in [0.15, 0.2) is 6.07 Å². The third-order valence-electron chi connectivity index (χ3n) is 3.95. The summed E-state index contributed by atoms with van der Waals surface area (Å²) in [7, 11) is 0. The first kappa shape index (κ1) is 14.5. The molecule has 2 aromatic rings. The van der Waals surface area contributed by atoms with Gasteiger partial charge in [-0.15, -0.1) is 11.3 Å². The third kappa shape index (κ3) is 3.11. The second kappa shape index (κ2) is 5.77. The van der Waals surface area contributed by atoms with Gasteiger partial charge in [-0.25, -0.2) is 9.67 Å². The second-order valence-corrected chi connectivity index (χ2v) is 7.15. The Morgan fingerprint density at radius 2 is 2.29 bits per heavy atom. The van der Waals surface area contributed by atoms with E-state index in [4.69, 9.17) is 0 Å². The van der Waals surface area contributed by atoms with Crippen LogP contribution in [-0.4, -0.2) is 27.9 Å². The molecule has 2 aromatic heterocycles. The van der Waals surface area contributed by atoms with Gasteiger partial charge in [0, 0.05) is 42.5 Å². The van der Waals surface area contributed by atoms with Gasteiger partial charge in [-0.3, -0.25) is 0 Å². The van der Waals surface area contributed by atoms with Crippen molar-refractivity contribution in [3.63, 3.8) is 0 Å². The number of aromatic nitrogens is 3. The summed E-state index contributed by atoms with van der Waals surface area (Å²) in [6.45, 7) is 11.4. The van der Waals surface area contributed by atoms with Gasteiger partial charge < -0.3 is 10.6 Å². The summed E-state index contributed by atoms with van der Waals surface area (Å²) in [5.74, 6) is 1.71. The van der Waals surface area contributed by atoms with Crippen LogP contribution in [-0.2, 0) is 6.54 Å². The fraction of sp³-hybridized carbons (Fsp3) is 0.600. The Morgan fingerprint density at radius 3 is 3.00 bits per heavy atom. The van der Waals surface area contributed by atoms with Gasteiger partial charge in [-0.05, 0) is 27.7 Å². The maximum absolute atomic E-state index is 4.52. The maximum Gasteiger partial charge on any atom is 0.124 e. The van der Waals surface area contributed by atoms with E-state index in [0.717, 1.165) is 41.8 Å². The van der Waals surface area contributed by atoms with Crippen molar-refractivity contribution in [1.82, 2.24) is 20.1 Å². The maximum atomic E-state index is 4.52. The van der Waals surface area contributed by atoms with Crippen LogP contribution in [0.2, 0.25) is 0 Å². The summed E-state index contributed by atoms with van der Waals surface area (Å²) in [5, 5.41) is 12.8. The molecular weight excluding hydrogens is 282 g/mol. The predicted octanol–water partition coefficient (Wildman–Crippen LogP) is 2.66. The number of fused-ring (bicyclic) bond motifs is 1. The first-order valence-electron chi connectivity index (χ1n) is 7.48. The van der Waals surface area contributed by atoms with E-state index in [0.29, 0.717) is 12.0 Å². The fourth-order valence-electron chi connectivity index (χ4n) is 2.91. The Bertz CT molecular complexity index is 630. The van der Waals surface area contributed by atoms with Crippen molar-refractivity contribution in [2.24, 2.45) is 5.92 Å². The Labute approximate surface area is 129 Å². The molecule has 21 heavy (non-hydrogen) atoms. The molecule has 0 fully saturated rings. The van der Waals surface area contributed by atoms with E-state index in [2.05, 4.69) is 52.2 Å². The van der Waals surface area contributed by atoms with Crippen LogP contribution in [0.3, 0.4) is 0 Å². The van der Waals surface area contributed by atoms with Crippen molar-refractivity contribution in [1.29, 1.82) is 0 Å². The van der Waals surface area contributed by atoms with E-state index in [1.807, 2.05) is 6.92 Å². The molecule has 1 aliphatic heterocycles. The smallest absolute Gasteiger partial charge is 0.124 e. The molecule has 0 radical (unpaired) electrons. The normalized spacial score (nSPS) is 19.1. The molecule has 0 amide bonds. The van der Waals surface area contributed by atoms with Crippen LogP contribution in [0, 0.1) is 26.7 Å².